The fourth-order valence-corrected chi connectivity index (χ4v) is 2.35. The van der Waals surface area contributed by atoms with Crippen LogP contribution in [0.2, 0.25) is 0 Å². The van der Waals surface area contributed by atoms with E-state index < -0.39 is 5.54 Å². The van der Waals surface area contributed by atoms with Crippen LogP contribution in [0.15, 0.2) is 54.6 Å². The summed E-state index contributed by atoms with van der Waals surface area (Å²) in [6, 6.07) is 16.0. The summed E-state index contributed by atoms with van der Waals surface area (Å²) >= 11 is 0. The summed E-state index contributed by atoms with van der Waals surface area (Å²) in [5.41, 5.74) is 6.67. The second kappa shape index (κ2) is 7.70. The molecule has 0 aliphatic carbocycles. The van der Waals surface area contributed by atoms with Gasteiger partial charge in [0, 0.05) is 16.8 Å². The topological polar surface area (TPSA) is 84.2 Å². The third-order valence-electron chi connectivity index (χ3n) is 4.59. The lowest BCUT2D eigenvalue weighted by Gasteiger charge is -2.25. The van der Waals surface area contributed by atoms with E-state index in [1.807, 2.05) is 51.1 Å². The molecule has 0 aliphatic rings. The molecular formula is C21H27N3O2. The molecule has 0 aromatic heterocycles. The van der Waals surface area contributed by atoms with E-state index in [0.29, 0.717) is 11.3 Å². The van der Waals surface area contributed by atoms with Gasteiger partial charge in [0.15, 0.2) is 0 Å². The van der Waals surface area contributed by atoms with E-state index in [4.69, 9.17) is 5.73 Å². The summed E-state index contributed by atoms with van der Waals surface area (Å²) in [6.07, 6.45) is 0.835. The molecule has 5 heteroatoms. The fraction of sp³-hybridized carbons (Fsp3) is 0.333. The Bertz CT molecular complexity index is 766. The van der Waals surface area contributed by atoms with Gasteiger partial charge in [0.25, 0.3) is 5.91 Å². The van der Waals surface area contributed by atoms with Crippen LogP contribution >= 0.6 is 0 Å². The van der Waals surface area contributed by atoms with E-state index in [1.54, 1.807) is 31.2 Å². The minimum Gasteiger partial charge on any atom is -0.347 e. The molecule has 2 aromatic carbocycles. The van der Waals surface area contributed by atoms with E-state index in [0.717, 1.165) is 12.0 Å². The molecule has 0 bridgehead atoms. The SMILES string of the molecule is CCC(C)(C)NC(=O)c1ccc(NC(=O)C(C)(N)c2ccccc2)cc1. The Hall–Kier alpha value is -2.66. The number of nitrogens with two attached hydrogens (primary N) is 1. The van der Waals surface area contributed by atoms with Crippen molar-refractivity contribution < 1.29 is 9.59 Å². The predicted octanol–water partition coefficient (Wildman–Crippen LogP) is 3.42. The maximum atomic E-state index is 12.6. The molecule has 1 atom stereocenters. The molecule has 4 N–H and O–H groups in total. The van der Waals surface area contributed by atoms with Crippen LogP contribution in [0.5, 0.6) is 0 Å². The highest BCUT2D eigenvalue weighted by Gasteiger charge is 2.30. The first kappa shape index (κ1) is 19.7. The maximum absolute atomic E-state index is 12.6. The van der Waals surface area contributed by atoms with Gasteiger partial charge in [-0.15, -0.1) is 0 Å². The first-order chi connectivity index (χ1) is 12.2. The van der Waals surface area contributed by atoms with Gasteiger partial charge >= 0.3 is 0 Å². The van der Waals surface area contributed by atoms with Gasteiger partial charge in [0.05, 0.1) is 0 Å². The molecule has 0 aliphatic heterocycles. The van der Waals surface area contributed by atoms with Crippen LogP contribution in [0, 0.1) is 0 Å². The monoisotopic (exact) mass is 353 g/mol. The summed E-state index contributed by atoms with van der Waals surface area (Å²) in [5.74, 6) is -0.448. The first-order valence-corrected chi connectivity index (χ1v) is 8.74. The Morgan fingerprint density at radius 1 is 0.962 bits per heavy atom. The van der Waals surface area contributed by atoms with Gasteiger partial charge in [-0.25, -0.2) is 0 Å². The van der Waals surface area contributed by atoms with Gasteiger partial charge < -0.3 is 16.4 Å². The normalized spacial score (nSPS) is 13.6. The van der Waals surface area contributed by atoms with Crippen molar-refractivity contribution in [2.75, 3.05) is 5.32 Å². The molecule has 138 valence electrons. The predicted molar refractivity (Wildman–Crippen MR) is 105 cm³/mol. The fourth-order valence-electron chi connectivity index (χ4n) is 2.35. The van der Waals surface area contributed by atoms with Crippen molar-refractivity contribution in [3.8, 4) is 0 Å². The molecule has 5 nitrogen and oxygen atoms in total. The number of carbonyl (C=O) groups is 2. The van der Waals surface area contributed by atoms with Crippen molar-refractivity contribution in [3.63, 3.8) is 0 Å². The van der Waals surface area contributed by atoms with Gasteiger partial charge in [-0.1, -0.05) is 37.3 Å². The molecule has 2 rings (SSSR count). The Kier molecular flexibility index (Phi) is 5.83. The summed E-state index contributed by atoms with van der Waals surface area (Å²) in [6.45, 7) is 7.65. The van der Waals surface area contributed by atoms with E-state index in [2.05, 4.69) is 10.6 Å². The van der Waals surface area contributed by atoms with E-state index in [9.17, 15) is 9.59 Å². The van der Waals surface area contributed by atoms with Crippen LogP contribution in [0.4, 0.5) is 5.69 Å². The third-order valence-corrected chi connectivity index (χ3v) is 4.59. The smallest absolute Gasteiger partial charge is 0.251 e. The van der Waals surface area contributed by atoms with Crippen LogP contribution < -0.4 is 16.4 Å². The van der Waals surface area contributed by atoms with Gasteiger partial charge in [-0.2, -0.15) is 0 Å². The van der Waals surface area contributed by atoms with Crippen LogP contribution in [0.25, 0.3) is 0 Å². The highest BCUT2D eigenvalue weighted by atomic mass is 16.2. The molecule has 0 spiro atoms. The Morgan fingerprint density at radius 2 is 1.54 bits per heavy atom. The molecule has 26 heavy (non-hydrogen) atoms. The van der Waals surface area contributed by atoms with Gasteiger partial charge in [0.2, 0.25) is 5.91 Å². The van der Waals surface area contributed by atoms with E-state index >= 15 is 0 Å². The van der Waals surface area contributed by atoms with Crippen LogP contribution in [-0.4, -0.2) is 17.4 Å². The zero-order chi connectivity index (χ0) is 19.4. The van der Waals surface area contributed by atoms with Gasteiger partial charge in [-0.05, 0) is 57.0 Å². The Morgan fingerprint density at radius 3 is 2.08 bits per heavy atom. The average molecular weight is 353 g/mol. The average Bonchev–Trinajstić information content (AvgIpc) is 2.62. The van der Waals surface area contributed by atoms with Crippen LogP contribution in [0.3, 0.4) is 0 Å². The van der Waals surface area contributed by atoms with Gasteiger partial charge in [-0.3, -0.25) is 9.59 Å². The van der Waals surface area contributed by atoms with Crippen molar-refractivity contribution in [1.29, 1.82) is 0 Å². The van der Waals surface area contributed by atoms with Gasteiger partial charge in [0.1, 0.15) is 5.54 Å². The lowest BCUT2D eigenvalue weighted by atomic mass is 9.92. The second-order valence-electron chi connectivity index (χ2n) is 7.29. The molecule has 2 aromatic rings. The third kappa shape index (κ3) is 4.70. The van der Waals surface area contributed by atoms with Crippen molar-refractivity contribution in [2.45, 2.75) is 45.2 Å². The lowest BCUT2D eigenvalue weighted by Crippen LogP contribution is -2.45. The van der Waals surface area contributed by atoms with Crippen molar-refractivity contribution in [1.82, 2.24) is 5.32 Å². The van der Waals surface area contributed by atoms with Crippen molar-refractivity contribution in [3.05, 3.63) is 65.7 Å². The van der Waals surface area contributed by atoms with E-state index in [1.165, 1.54) is 0 Å². The quantitative estimate of drug-likeness (QED) is 0.744. The molecular weight excluding hydrogens is 326 g/mol. The molecule has 0 heterocycles. The zero-order valence-electron chi connectivity index (χ0n) is 15.8. The van der Waals surface area contributed by atoms with Crippen LogP contribution in [-0.2, 0) is 10.3 Å². The van der Waals surface area contributed by atoms with Crippen LogP contribution in [0.1, 0.15) is 50.0 Å². The maximum Gasteiger partial charge on any atom is 0.251 e. The lowest BCUT2D eigenvalue weighted by molar-refractivity contribution is -0.120. The number of carbonyl (C=O) groups excluding carboxylic acids is 2. The second-order valence-corrected chi connectivity index (χ2v) is 7.29. The summed E-state index contributed by atoms with van der Waals surface area (Å²) in [7, 11) is 0. The zero-order valence-corrected chi connectivity index (χ0v) is 15.8. The number of benzene rings is 2. The van der Waals surface area contributed by atoms with Crippen molar-refractivity contribution in [2.24, 2.45) is 5.73 Å². The number of anilines is 1. The molecule has 1 unspecified atom stereocenters. The number of amides is 2. The number of hydrogen-bond acceptors (Lipinski definition) is 3. The van der Waals surface area contributed by atoms with E-state index in [-0.39, 0.29) is 17.4 Å². The largest absolute Gasteiger partial charge is 0.347 e. The summed E-state index contributed by atoms with van der Waals surface area (Å²) in [5, 5.41) is 5.79. The number of hydrogen-bond donors (Lipinski definition) is 3. The molecule has 0 saturated heterocycles. The number of rotatable bonds is 6. The molecule has 0 fully saturated rings. The Balaban J connectivity index is 2.07. The molecule has 0 saturated carbocycles. The number of nitrogens with one attached hydrogen (secondary N) is 2. The highest BCUT2D eigenvalue weighted by Crippen LogP contribution is 2.20. The minimum absolute atomic E-state index is 0.136. The Labute approximate surface area is 155 Å². The summed E-state index contributed by atoms with van der Waals surface area (Å²) in [4.78, 5) is 24.8. The minimum atomic E-state index is -1.15. The highest BCUT2D eigenvalue weighted by molar-refractivity contribution is 5.99. The summed E-state index contributed by atoms with van der Waals surface area (Å²) < 4.78 is 0. The van der Waals surface area contributed by atoms with Crippen molar-refractivity contribution >= 4 is 17.5 Å². The molecule has 2 amide bonds. The standard InChI is InChI=1S/C21H27N3O2/c1-5-20(2,3)24-18(25)15-11-13-17(14-12-15)23-19(26)21(4,22)16-9-7-6-8-10-16/h6-14H,5,22H2,1-4H3,(H,23,26)(H,24,25). The molecule has 0 radical (unpaired) electrons. The first-order valence-electron chi connectivity index (χ1n) is 8.74.